The van der Waals surface area contributed by atoms with Gasteiger partial charge in [0.2, 0.25) is 0 Å². The van der Waals surface area contributed by atoms with Crippen LogP contribution in [0.25, 0.3) is 11.1 Å². The van der Waals surface area contributed by atoms with Crippen molar-refractivity contribution in [3.63, 3.8) is 0 Å². The maximum atomic E-state index is 5.97. The van der Waals surface area contributed by atoms with Gasteiger partial charge in [0.15, 0.2) is 0 Å². The Morgan fingerprint density at radius 1 is 0.952 bits per heavy atom. The molecule has 0 aliphatic carbocycles. The van der Waals surface area contributed by atoms with Crippen LogP contribution in [0, 0.1) is 13.8 Å². The van der Waals surface area contributed by atoms with E-state index in [-0.39, 0.29) is 0 Å². The molecule has 0 radical (unpaired) electrons. The van der Waals surface area contributed by atoms with Crippen LogP contribution in [0.4, 0.5) is 0 Å². The zero-order chi connectivity index (χ0) is 14.8. The van der Waals surface area contributed by atoms with Gasteiger partial charge in [0.1, 0.15) is 0 Å². The van der Waals surface area contributed by atoms with E-state index in [1.807, 2.05) is 30.3 Å². The zero-order valence-corrected chi connectivity index (χ0v) is 12.9. The van der Waals surface area contributed by atoms with Crippen LogP contribution in [0.2, 0.25) is 5.02 Å². The van der Waals surface area contributed by atoms with Crippen LogP contribution in [0.15, 0.2) is 54.6 Å². The summed E-state index contributed by atoms with van der Waals surface area (Å²) in [7, 11) is 0. The number of rotatable bonds is 3. The molecule has 0 bridgehead atoms. The summed E-state index contributed by atoms with van der Waals surface area (Å²) in [6.07, 6.45) is 0. The molecular formula is C18H17ClN2. The SMILES string of the molecule is Cc1nn(Cc2ccccc2)c(C)c1-c1ccc(Cl)cc1. The summed E-state index contributed by atoms with van der Waals surface area (Å²) in [4.78, 5) is 0. The molecule has 1 aromatic heterocycles. The molecule has 106 valence electrons. The van der Waals surface area contributed by atoms with Gasteiger partial charge in [0.05, 0.1) is 12.2 Å². The predicted molar refractivity (Wildman–Crippen MR) is 87.7 cm³/mol. The first-order valence-electron chi connectivity index (χ1n) is 6.99. The second-order valence-electron chi connectivity index (χ2n) is 5.20. The van der Waals surface area contributed by atoms with Crippen molar-refractivity contribution in [1.82, 2.24) is 9.78 Å². The van der Waals surface area contributed by atoms with Crippen molar-refractivity contribution in [2.75, 3.05) is 0 Å². The lowest BCUT2D eigenvalue weighted by Gasteiger charge is -2.06. The Kier molecular flexibility index (Phi) is 3.80. The third-order valence-corrected chi connectivity index (χ3v) is 3.94. The quantitative estimate of drug-likeness (QED) is 0.674. The third-order valence-electron chi connectivity index (χ3n) is 3.69. The van der Waals surface area contributed by atoms with E-state index in [2.05, 4.69) is 47.9 Å². The molecule has 21 heavy (non-hydrogen) atoms. The Balaban J connectivity index is 1.98. The van der Waals surface area contributed by atoms with E-state index >= 15 is 0 Å². The van der Waals surface area contributed by atoms with Crippen molar-refractivity contribution in [3.8, 4) is 11.1 Å². The average molecular weight is 297 g/mol. The van der Waals surface area contributed by atoms with Gasteiger partial charge in [-0.25, -0.2) is 0 Å². The lowest BCUT2D eigenvalue weighted by atomic mass is 10.0. The number of aromatic nitrogens is 2. The van der Waals surface area contributed by atoms with Gasteiger partial charge in [0.25, 0.3) is 0 Å². The molecule has 0 N–H and O–H groups in total. The molecule has 2 aromatic carbocycles. The second-order valence-corrected chi connectivity index (χ2v) is 5.63. The number of halogens is 1. The molecule has 0 atom stereocenters. The number of aryl methyl sites for hydroxylation is 1. The Bertz CT molecular complexity index is 743. The lowest BCUT2D eigenvalue weighted by molar-refractivity contribution is 0.659. The molecule has 3 rings (SSSR count). The molecule has 0 saturated carbocycles. The summed E-state index contributed by atoms with van der Waals surface area (Å²) in [5.41, 5.74) is 5.84. The number of benzene rings is 2. The monoisotopic (exact) mass is 296 g/mol. The first kappa shape index (κ1) is 13.9. The van der Waals surface area contributed by atoms with E-state index in [1.54, 1.807) is 0 Å². The van der Waals surface area contributed by atoms with Crippen molar-refractivity contribution in [2.24, 2.45) is 0 Å². The first-order chi connectivity index (χ1) is 10.1. The van der Waals surface area contributed by atoms with E-state index in [9.17, 15) is 0 Å². The topological polar surface area (TPSA) is 17.8 Å². The van der Waals surface area contributed by atoms with Crippen LogP contribution in [-0.4, -0.2) is 9.78 Å². The predicted octanol–water partition coefficient (Wildman–Crippen LogP) is 4.87. The molecule has 3 aromatic rings. The standard InChI is InChI=1S/C18H17ClN2/c1-13-18(16-8-10-17(19)11-9-16)14(2)21(20-13)12-15-6-4-3-5-7-15/h3-11H,12H2,1-2H3. The largest absolute Gasteiger partial charge is 0.265 e. The van der Waals surface area contributed by atoms with Crippen molar-refractivity contribution < 1.29 is 0 Å². The van der Waals surface area contributed by atoms with Gasteiger partial charge in [-0.2, -0.15) is 5.10 Å². The molecule has 3 heteroatoms. The zero-order valence-electron chi connectivity index (χ0n) is 12.2. The minimum atomic E-state index is 0.755. The fraction of sp³-hybridized carbons (Fsp3) is 0.167. The minimum Gasteiger partial charge on any atom is -0.265 e. The summed E-state index contributed by atoms with van der Waals surface area (Å²) >= 11 is 5.97. The molecule has 0 unspecified atom stereocenters. The minimum absolute atomic E-state index is 0.755. The highest BCUT2D eigenvalue weighted by Crippen LogP contribution is 2.28. The molecule has 0 fully saturated rings. The number of hydrogen-bond donors (Lipinski definition) is 0. The van der Waals surface area contributed by atoms with E-state index < -0.39 is 0 Å². The highest BCUT2D eigenvalue weighted by Gasteiger charge is 2.13. The Labute approximate surface area is 130 Å². The number of nitrogens with zero attached hydrogens (tertiary/aromatic N) is 2. The normalized spacial score (nSPS) is 10.8. The van der Waals surface area contributed by atoms with Gasteiger partial charge < -0.3 is 0 Å². The molecular weight excluding hydrogens is 280 g/mol. The van der Waals surface area contributed by atoms with Gasteiger partial charge >= 0.3 is 0 Å². The number of hydrogen-bond acceptors (Lipinski definition) is 1. The highest BCUT2D eigenvalue weighted by atomic mass is 35.5. The third kappa shape index (κ3) is 2.86. The van der Waals surface area contributed by atoms with Crippen LogP contribution in [-0.2, 0) is 6.54 Å². The Morgan fingerprint density at radius 2 is 1.62 bits per heavy atom. The summed E-state index contributed by atoms with van der Waals surface area (Å²) < 4.78 is 2.06. The van der Waals surface area contributed by atoms with Crippen LogP contribution in [0.1, 0.15) is 17.0 Å². The van der Waals surface area contributed by atoms with Crippen LogP contribution in [0.5, 0.6) is 0 Å². The van der Waals surface area contributed by atoms with Gasteiger partial charge in [0, 0.05) is 16.3 Å². The second kappa shape index (κ2) is 5.74. The van der Waals surface area contributed by atoms with E-state index in [1.165, 1.54) is 16.8 Å². The van der Waals surface area contributed by atoms with Gasteiger partial charge in [-0.3, -0.25) is 4.68 Å². The van der Waals surface area contributed by atoms with Crippen molar-refractivity contribution >= 4 is 11.6 Å². The lowest BCUT2D eigenvalue weighted by Crippen LogP contribution is -2.03. The van der Waals surface area contributed by atoms with Crippen LogP contribution < -0.4 is 0 Å². The fourth-order valence-corrected chi connectivity index (χ4v) is 2.77. The average Bonchev–Trinajstić information content (AvgIpc) is 2.76. The first-order valence-corrected chi connectivity index (χ1v) is 7.37. The summed E-state index contributed by atoms with van der Waals surface area (Å²) in [6.45, 7) is 4.96. The van der Waals surface area contributed by atoms with Crippen LogP contribution >= 0.6 is 11.6 Å². The van der Waals surface area contributed by atoms with E-state index in [4.69, 9.17) is 11.6 Å². The molecule has 0 aliphatic rings. The molecule has 1 heterocycles. The maximum Gasteiger partial charge on any atom is 0.0675 e. The molecule has 0 spiro atoms. The van der Waals surface area contributed by atoms with Crippen molar-refractivity contribution in [3.05, 3.63) is 76.6 Å². The maximum absolute atomic E-state index is 5.97. The van der Waals surface area contributed by atoms with E-state index in [0.29, 0.717) is 0 Å². The van der Waals surface area contributed by atoms with E-state index in [0.717, 1.165) is 22.8 Å². The summed E-state index contributed by atoms with van der Waals surface area (Å²) in [5, 5.41) is 5.44. The van der Waals surface area contributed by atoms with Crippen LogP contribution in [0.3, 0.4) is 0 Å². The smallest absolute Gasteiger partial charge is 0.0675 e. The van der Waals surface area contributed by atoms with Gasteiger partial charge in [-0.1, -0.05) is 54.1 Å². The highest BCUT2D eigenvalue weighted by molar-refractivity contribution is 6.30. The van der Waals surface area contributed by atoms with Crippen molar-refractivity contribution in [1.29, 1.82) is 0 Å². The fourth-order valence-electron chi connectivity index (χ4n) is 2.64. The molecule has 0 amide bonds. The summed E-state index contributed by atoms with van der Waals surface area (Å²) in [5.74, 6) is 0. The van der Waals surface area contributed by atoms with Gasteiger partial charge in [-0.05, 0) is 37.1 Å². The molecule has 2 nitrogen and oxygen atoms in total. The van der Waals surface area contributed by atoms with Gasteiger partial charge in [-0.15, -0.1) is 0 Å². The van der Waals surface area contributed by atoms with Crippen molar-refractivity contribution in [2.45, 2.75) is 20.4 Å². The molecule has 0 aliphatic heterocycles. The Hall–Kier alpha value is -2.06. The Morgan fingerprint density at radius 3 is 2.29 bits per heavy atom. The molecule has 0 saturated heterocycles. The summed E-state index contributed by atoms with van der Waals surface area (Å²) in [6, 6.07) is 18.3.